The molecule has 0 unspecified atom stereocenters. The van der Waals surface area contributed by atoms with E-state index in [4.69, 9.17) is 0 Å². The largest absolute Gasteiger partial charge is 0.464 e. The molecule has 0 spiro atoms. The zero-order valence-corrected chi connectivity index (χ0v) is 9.47. The van der Waals surface area contributed by atoms with Crippen LogP contribution in [0.3, 0.4) is 0 Å². The van der Waals surface area contributed by atoms with Crippen LogP contribution >= 0.6 is 11.3 Å². The van der Waals surface area contributed by atoms with E-state index in [9.17, 15) is 4.79 Å². The first-order chi connectivity index (χ1) is 7.31. The quantitative estimate of drug-likeness (QED) is 0.774. The number of hydrogen-bond acceptors (Lipinski definition) is 5. The van der Waals surface area contributed by atoms with Crippen LogP contribution in [0.4, 0.5) is 0 Å². The summed E-state index contributed by atoms with van der Waals surface area (Å²) in [7, 11) is 1.38. The number of esters is 1. The highest BCUT2D eigenvalue weighted by molar-refractivity contribution is 7.09. The van der Waals surface area contributed by atoms with Gasteiger partial charge in [0.2, 0.25) is 0 Å². The molecule has 1 fully saturated rings. The van der Waals surface area contributed by atoms with E-state index in [1.807, 2.05) is 0 Å². The van der Waals surface area contributed by atoms with Crippen LogP contribution in [0.25, 0.3) is 0 Å². The second-order valence-corrected chi connectivity index (χ2v) is 4.48. The summed E-state index contributed by atoms with van der Waals surface area (Å²) >= 11 is 1.56. The van der Waals surface area contributed by atoms with Gasteiger partial charge in [0.05, 0.1) is 12.1 Å². The lowest BCUT2D eigenvalue weighted by molar-refractivity contribution is 0.0594. The molecule has 1 aromatic heterocycles. The Balaban J connectivity index is 2.08. The fourth-order valence-electron chi connectivity index (χ4n) is 1.74. The van der Waals surface area contributed by atoms with Crippen molar-refractivity contribution < 1.29 is 9.53 Å². The number of hydrogen-bond donors (Lipinski definition) is 1. The Labute approximate surface area is 92.7 Å². The van der Waals surface area contributed by atoms with Gasteiger partial charge >= 0.3 is 5.97 Å². The normalized spacial score (nSPS) is 17.7. The van der Waals surface area contributed by atoms with Crippen LogP contribution in [-0.2, 0) is 4.74 Å². The van der Waals surface area contributed by atoms with Crippen molar-refractivity contribution in [3.05, 3.63) is 16.1 Å². The van der Waals surface area contributed by atoms with Crippen molar-refractivity contribution in [2.45, 2.75) is 18.8 Å². The van der Waals surface area contributed by atoms with Gasteiger partial charge in [-0.25, -0.2) is 9.78 Å². The van der Waals surface area contributed by atoms with Gasteiger partial charge in [0, 0.05) is 11.3 Å². The molecule has 1 aliphatic rings. The molecular weight excluding hydrogens is 212 g/mol. The predicted molar refractivity (Wildman–Crippen MR) is 58.3 cm³/mol. The maximum Gasteiger partial charge on any atom is 0.357 e. The SMILES string of the molecule is COC(=O)c1csc(C2CCNCC2)n1. The highest BCUT2D eigenvalue weighted by atomic mass is 32.1. The Morgan fingerprint density at radius 2 is 2.33 bits per heavy atom. The Bertz CT molecular complexity index is 345. The molecule has 0 atom stereocenters. The molecule has 0 aromatic carbocycles. The summed E-state index contributed by atoms with van der Waals surface area (Å²) < 4.78 is 4.63. The molecular formula is C10H14N2O2S. The average molecular weight is 226 g/mol. The topological polar surface area (TPSA) is 51.2 Å². The molecule has 1 saturated heterocycles. The standard InChI is InChI=1S/C10H14N2O2S/c1-14-10(13)8-6-15-9(12-8)7-2-4-11-5-3-7/h6-7,11H,2-5H2,1H3. The van der Waals surface area contributed by atoms with Crippen LogP contribution in [0, 0.1) is 0 Å². The Morgan fingerprint density at radius 3 is 3.00 bits per heavy atom. The maximum absolute atomic E-state index is 11.2. The number of methoxy groups -OCH3 is 1. The zero-order chi connectivity index (χ0) is 10.7. The number of piperidine rings is 1. The Morgan fingerprint density at radius 1 is 1.60 bits per heavy atom. The zero-order valence-electron chi connectivity index (χ0n) is 8.66. The number of carbonyl (C=O) groups excluding carboxylic acids is 1. The molecule has 0 bridgehead atoms. The minimum atomic E-state index is -0.341. The third kappa shape index (κ3) is 2.35. The van der Waals surface area contributed by atoms with E-state index in [2.05, 4.69) is 15.0 Å². The average Bonchev–Trinajstić information content (AvgIpc) is 2.78. The predicted octanol–water partition coefficient (Wildman–Crippen LogP) is 1.40. The van der Waals surface area contributed by atoms with Gasteiger partial charge in [-0.05, 0) is 25.9 Å². The van der Waals surface area contributed by atoms with E-state index in [1.54, 1.807) is 16.7 Å². The van der Waals surface area contributed by atoms with Gasteiger partial charge < -0.3 is 10.1 Å². The number of rotatable bonds is 2. The first kappa shape index (κ1) is 10.6. The van der Waals surface area contributed by atoms with Gasteiger partial charge in [0.1, 0.15) is 0 Å². The van der Waals surface area contributed by atoms with Crippen molar-refractivity contribution in [1.82, 2.24) is 10.3 Å². The van der Waals surface area contributed by atoms with Crippen LogP contribution in [0.15, 0.2) is 5.38 Å². The second kappa shape index (κ2) is 4.72. The van der Waals surface area contributed by atoms with Crippen molar-refractivity contribution in [2.24, 2.45) is 0 Å². The number of ether oxygens (including phenoxy) is 1. The summed E-state index contributed by atoms with van der Waals surface area (Å²) in [6, 6.07) is 0. The highest BCUT2D eigenvalue weighted by Gasteiger charge is 2.20. The first-order valence-electron chi connectivity index (χ1n) is 5.05. The molecule has 5 heteroatoms. The maximum atomic E-state index is 11.2. The lowest BCUT2D eigenvalue weighted by Gasteiger charge is -2.20. The highest BCUT2D eigenvalue weighted by Crippen LogP contribution is 2.27. The summed E-state index contributed by atoms with van der Waals surface area (Å²) in [4.78, 5) is 15.5. The van der Waals surface area contributed by atoms with Gasteiger partial charge in [-0.1, -0.05) is 0 Å². The molecule has 15 heavy (non-hydrogen) atoms. The Hall–Kier alpha value is -0.940. The number of thiazole rings is 1. The van der Waals surface area contributed by atoms with Crippen LogP contribution in [0.1, 0.15) is 34.3 Å². The van der Waals surface area contributed by atoms with Crippen LogP contribution in [-0.4, -0.2) is 31.2 Å². The smallest absolute Gasteiger partial charge is 0.357 e. The first-order valence-corrected chi connectivity index (χ1v) is 5.93. The van der Waals surface area contributed by atoms with Gasteiger partial charge in [0.25, 0.3) is 0 Å². The van der Waals surface area contributed by atoms with E-state index < -0.39 is 0 Å². The van der Waals surface area contributed by atoms with Gasteiger partial charge in [-0.2, -0.15) is 0 Å². The number of nitrogens with zero attached hydrogens (tertiary/aromatic N) is 1. The summed E-state index contributed by atoms with van der Waals surface area (Å²) in [5.74, 6) is 0.168. The van der Waals surface area contributed by atoms with Crippen molar-refractivity contribution >= 4 is 17.3 Å². The van der Waals surface area contributed by atoms with Crippen LogP contribution in [0.5, 0.6) is 0 Å². The van der Waals surface area contributed by atoms with E-state index in [1.165, 1.54) is 7.11 Å². The molecule has 2 heterocycles. The minimum absolute atomic E-state index is 0.341. The number of carbonyl (C=O) groups is 1. The molecule has 1 aliphatic heterocycles. The number of aromatic nitrogens is 1. The van der Waals surface area contributed by atoms with E-state index in [-0.39, 0.29) is 5.97 Å². The lowest BCUT2D eigenvalue weighted by atomic mass is 9.99. The molecule has 82 valence electrons. The molecule has 0 amide bonds. The fraction of sp³-hybridized carbons (Fsp3) is 0.600. The van der Waals surface area contributed by atoms with Crippen molar-refractivity contribution in [2.75, 3.05) is 20.2 Å². The fourth-order valence-corrected chi connectivity index (χ4v) is 2.70. The second-order valence-electron chi connectivity index (χ2n) is 3.59. The molecule has 0 aliphatic carbocycles. The van der Waals surface area contributed by atoms with E-state index in [0.717, 1.165) is 30.9 Å². The van der Waals surface area contributed by atoms with Gasteiger partial charge in [-0.3, -0.25) is 0 Å². The van der Waals surface area contributed by atoms with Crippen LogP contribution in [0.2, 0.25) is 0 Å². The minimum Gasteiger partial charge on any atom is -0.464 e. The van der Waals surface area contributed by atoms with Gasteiger partial charge in [0.15, 0.2) is 5.69 Å². The monoisotopic (exact) mass is 226 g/mol. The van der Waals surface area contributed by atoms with Crippen LogP contribution < -0.4 is 5.32 Å². The van der Waals surface area contributed by atoms with Crippen molar-refractivity contribution in [3.8, 4) is 0 Å². The summed E-state index contributed by atoms with van der Waals surface area (Å²) in [5.41, 5.74) is 0.441. The van der Waals surface area contributed by atoms with E-state index in [0.29, 0.717) is 11.6 Å². The summed E-state index contributed by atoms with van der Waals surface area (Å²) in [6.45, 7) is 2.08. The van der Waals surface area contributed by atoms with Crippen molar-refractivity contribution in [3.63, 3.8) is 0 Å². The number of nitrogens with one attached hydrogen (secondary N) is 1. The van der Waals surface area contributed by atoms with Gasteiger partial charge in [-0.15, -0.1) is 11.3 Å². The lowest BCUT2D eigenvalue weighted by Crippen LogP contribution is -2.26. The third-order valence-electron chi connectivity index (χ3n) is 2.60. The molecule has 4 nitrogen and oxygen atoms in total. The molecule has 1 aromatic rings. The van der Waals surface area contributed by atoms with E-state index >= 15 is 0 Å². The molecule has 0 radical (unpaired) electrons. The summed E-state index contributed by atoms with van der Waals surface area (Å²) in [6.07, 6.45) is 2.21. The molecule has 2 rings (SSSR count). The Kier molecular flexibility index (Phi) is 3.33. The third-order valence-corrected chi connectivity index (χ3v) is 3.61. The summed E-state index contributed by atoms with van der Waals surface area (Å²) in [5, 5.41) is 6.16. The van der Waals surface area contributed by atoms with Crippen molar-refractivity contribution in [1.29, 1.82) is 0 Å². The molecule has 0 saturated carbocycles. The molecule has 1 N–H and O–H groups in total.